The molecule has 1 aliphatic carbocycles. The molecule has 0 radical (unpaired) electrons. The summed E-state index contributed by atoms with van der Waals surface area (Å²) in [6.07, 6.45) is 7.00. The van der Waals surface area contributed by atoms with E-state index >= 15 is 4.39 Å². The summed E-state index contributed by atoms with van der Waals surface area (Å²) in [6.45, 7) is 0.605. The van der Waals surface area contributed by atoms with Crippen molar-refractivity contribution in [2.24, 2.45) is 13.0 Å². The Morgan fingerprint density at radius 3 is 2.81 bits per heavy atom. The summed E-state index contributed by atoms with van der Waals surface area (Å²) in [4.78, 5) is 24.4. The smallest absolute Gasteiger partial charge is 0.228 e. The van der Waals surface area contributed by atoms with Crippen LogP contribution >= 0.6 is 0 Å². The van der Waals surface area contributed by atoms with Crippen LogP contribution in [0, 0.1) is 11.7 Å². The van der Waals surface area contributed by atoms with E-state index in [-0.39, 0.29) is 17.6 Å². The van der Waals surface area contributed by atoms with Crippen LogP contribution in [0.3, 0.4) is 0 Å². The number of aromatic amines is 1. The normalized spacial score (nSPS) is 13.6. The van der Waals surface area contributed by atoms with Crippen LogP contribution in [-0.4, -0.2) is 32.5 Å². The number of anilines is 1. The van der Waals surface area contributed by atoms with Crippen molar-refractivity contribution < 1.29 is 9.18 Å². The van der Waals surface area contributed by atoms with Crippen molar-refractivity contribution in [3.05, 3.63) is 54.4 Å². The van der Waals surface area contributed by atoms with Gasteiger partial charge >= 0.3 is 0 Å². The molecule has 0 unspecified atom stereocenters. The predicted molar refractivity (Wildman–Crippen MR) is 118 cm³/mol. The molecule has 3 N–H and O–H groups in total. The lowest BCUT2D eigenvalue weighted by Gasteiger charge is -2.08. The lowest BCUT2D eigenvalue weighted by atomic mass is 10.0. The Bertz CT molecular complexity index is 1290. The number of nitrogens with zero attached hydrogens (tertiary/aromatic N) is 3. The lowest BCUT2D eigenvalue weighted by Crippen LogP contribution is -2.15. The Labute approximate surface area is 178 Å². The molecule has 8 heteroatoms. The van der Waals surface area contributed by atoms with Crippen LogP contribution in [-0.2, 0) is 18.4 Å². The van der Waals surface area contributed by atoms with E-state index in [0.29, 0.717) is 40.4 Å². The quantitative estimate of drug-likeness (QED) is 0.444. The first kappa shape index (κ1) is 19.4. The topological polar surface area (TPSA) is 87.6 Å². The summed E-state index contributed by atoms with van der Waals surface area (Å²) in [5.41, 5.74) is 3.73. The number of carbonyl (C=O) groups is 1. The molecule has 0 saturated heterocycles. The number of rotatable bonds is 6. The van der Waals surface area contributed by atoms with Crippen molar-refractivity contribution in [3.8, 4) is 22.5 Å². The van der Waals surface area contributed by atoms with Gasteiger partial charge in [0, 0.05) is 54.1 Å². The largest absolute Gasteiger partial charge is 0.351 e. The lowest BCUT2D eigenvalue weighted by molar-refractivity contribution is -0.117. The standard InChI is InChI=1S/C23H23FN6O/c1-25-9-14-10-26-22(29-23(31)13-6-7-13)21-17(14)8-18(28-21)15-4-3-5-16(20(15)24)19-11-30(2)12-27-19/h3-5,8,10-13,25,28H,6-7,9H2,1-2H3,(H,26,29,31). The van der Waals surface area contributed by atoms with Crippen LogP contribution in [0.1, 0.15) is 18.4 Å². The Morgan fingerprint density at radius 2 is 2.10 bits per heavy atom. The van der Waals surface area contributed by atoms with Crippen molar-refractivity contribution in [3.63, 3.8) is 0 Å². The van der Waals surface area contributed by atoms with Crippen LogP contribution in [0.5, 0.6) is 0 Å². The summed E-state index contributed by atoms with van der Waals surface area (Å²) in [5.74, 6) is 0.171. The van der Waals surface area contributed by atoms with E-state index in [4.69, 9.17) is 0 Å². The van der Waals surface area contributed by atoms with E-state index in [1.54, 1.807) is 35.4 Å². The molecule has 0 aliphatic heterocycles. The number of aromatic nitrogens is 4. The first-order chi connectivity index (χ1) is 15.0. The van der Waals surface area contributed by atoms with Crippen molar-refractivity contribution in [1.82, 2.24) is 24.8 Å². The maximum atomic E-state index is 15.5. The summed E-state index contributed by atoms with van der Waals surface area (Å²) in [5, 5.41) is 6.96. The van der Waals surface area contributed by atoms with E-state index in [1.165, 1.54) is 0 Å². The van der Waals surface area contributed by atoms with Crippen LogP contribution in [0.2, 0.25) is 0 Å². The molecule has 4 aromatic rings. The highest BCUT2D eigenvalue weighted by molar-refractivity contribution is 6.02. The fraction of sp³-hybridized carbons (Fsp3) is 0.261. The summed E-state index contributed by atoms with van der Waals surface area (Å²) in [6, 6.07) is 7.19. The fourth-order valence-electron chi connectivity index (χ4n) is 3.80. The van der Waals surface area contributed by atoms with Gasteiger partial charge in [0.1, 0.15) is 5.82 Å². The summed E-state index contributed by atoms with van der Waals surface area (Å²) >= 11 is 0. The molecule has 158 valence electrons. The van der Waals surface area contributed by atoms with E-state index in [1.807, 2.05) is 26.2 Å². The number of benzene rings is 1. The Kier molecular flexibility index (Phi) is 4.78. The first-order valence-electron chi connectivity index (χ1n) is 10.3. The third kappa shape index (κ3) is 3.59. The number of pyridine rings is 1. The van der Waals surface area contributed by atoms with Gasteiger partial charge in [0.2, 0.25) is 5.91 Å². The van der Waals surface area contributed by atoms with Gasteiger partial charge in [-0.15, -0.1) is 0 Å². The average Bonchev–Trinajstić information content (AvgIpc) is 3.37. The first-order valence-corrected chi connectivity index (χ1v) is 10.3. The number of H-pyrrole nitrogens is 1. The summed E-state index contributed by atoms with van der Waals surface area (Å²) < 4.78 is 17.3. The molecule has 5 rings (SSSR count). The Balaban J connectivity index is 1.62. The summed E-state index contributed by atoms with van der Waals surface area (Å²) in [7, 11) is 3.71. The average molecular weight is 418 g/mol. The highest BCUT2D eigenvalue weighted by Crippen LogP contribution is 2.35. The molecule has 0 bridgehead atoms. The van der Waals surface area contributed by atoms with Gasteiger partial charge in [-0.3, -0.25) is 4.79 Å². The maximum absolute atomic E-state index is 15.5. The van der Waals surface area contributed by atoms with Gasteiger partial charge in [-0.25, -0.2) is 14.4 Å². The van der Waals surface area contributed by atoms with E-state index < -0.39 is 0 Å². The number of halogens is 1. The van der Waals surface area contributed by atoms with Gasteiger partial charge in [-0.1, -0.05) is 6.07 Å². The number of hydrogen-bond donors (Lipinski definition) is 3. The van der Waals surface area contributed by atoms with Gasteiger partial charge in [-0.05, 0) is 43.7 Å². The van der Waals surface area contributed by atoms with Crippen molar-refractivity contribution in [2.75, 3.05) is 12.4 Å². The maximum Gasteiger partial charge on any atom is 0.228 e. The number of amides is 1. The second-order valence-electron chi connectivity index (χ2n) is 7.99. The van der Waals surface area contributed by atoms with Crippen molar-refractivity contribution in [2.45, 2.75) is 19.4 Å². The second kappa shape index (κ2) is 7.63. The molecule has 1 saturated carbocycles. The molecule has 1 amide bonds. The van der Waals surface area contributed by atoms with E-state index in [0.717, 1.165) is 23.8 Å². The molecule has 0 spiro atoms. The third-order valence-corrected chi connectivity index (χ3v) is 5.58. The van der Waals surface area contributed by atoms with Gasteiger partial charge in [-0.2, -0.15) is 0 Å². The van der Waals surface area contributed by atoms with Gasteiger partial charge in [0.05, 0.1) is 17.5 Å². The predicted octanol–water partition coefficient (Wildman–Crippen LogP) is 3.84. The molecule has 3 aromatic heterocycles. The van der Waals surface area contributed by atoms with Crippen LogP contribution in [0.25, 0.3) is 33.4 Å². The number of hydrogen-bond acceptors (Lipinski definition) is 4. The van der Waals surface area contributed by atoms with Crippen molar-refractivity contribution in [1.29, 1.82) is 0 Å². The van der Waals surface area contributed by atoms with Crippen molar-refractivity contribution >= 4 is 22.6 Å². The van der Waals surface area contributed by atoms with E-state index in [9.17, 15) is 4.79 Å². The molecule has 1 fully saturated rings. The van der Waals surface area contributed by atoms with Gasteiger partial charge in [0.15, 0.2) is 5.82 Å². The van der Waals surface area contributed by atoms with Crippen LogP contribution in [0.4, 0.5) is 10.2 Å². The SMILES string of the molecule is CNCc1cnc(NC(=O)C2CC2)c2[nH]c(-c3cccc(-c4cn(C)cn4)c3F)cc12. The minimum atomic E-state index is -0.348. The second-order valence-corrected chi connectivity index (χ2v) is 7.99. The number of carbonyl (C=O) groups excluding carboxylic acids is 1. The molecule has 1 aliphatic rings. The van der Waals surface area contributed by atoms with Gasteiger partial charge in [0.25, 0.3) is 0 Å². The molecule has 0 atom stereocenters. The fourth-order valence-corrected chi connectivity index (χ4v) is 3.80. The minimum absolute atomic E-state index is 0.0188. The van der Waals surface area contributed by atoms with E-state index in [2.05, 4.69) is 25.6 Å². The molecule has 1 aromatic carbocycles. The molecule has 7 nitrogen and oxygen atoms in total. The zero-order chi connectivity index (χ0) is 21.5. The van der Waals surface area contributed by atoms with Crippen LogP contribution in [0.15, 0.2) is 43.0 Å². The zero-order valence-electron chi connectivity index (χ0n) is 17.4. The number of imidazole rings is 1. The Morgan fingerprint density at radius 1 is 1.29 bits per heavy atom. The highest BCUT2D eigenvalue weighted by Gasteiger charge is 2.30. The monoisotopic (exact) mass is 418 g/mol. The number of fused-ring (bicyclic) bond motifs is 1. The van der Waals surface area contributed by atoms with Crippen LogP contribution < -0.4 is 10.6 Å². The number of aryl methyl sites for hydroxylation is 1. The molecular formula is C23H23FN6O. The molecule has 3 heterocycles. The molecular weight excluding hydrogens is 395 g/mol. The zero-order valence-corrected chi connectivity index (χ0v) is 17.4. The minimum Gasteiger partial charge on any atom is -0.351 e. The van der Waals surface area contributed by atoms with Gasteiger partial charge < -0.3 is 20.2 Å². The molecule has 31 heavy (non-hydrogen) atoms. The third-order valence-electron chi connectivity index (χ3n) is 5.58. The highest BCUT2D eigenvalue weighted by atomic mass is 19.1. The number of nitrogens with one attached hydrogen (secondary N) is 3. The Hall–Kier alpha value is -3.52.